The van der Waals surface area contributed by atoms with E-state index in [9.17, 15) is 14.5 Å². The van der Waals surface area contributed by atoms with E-state index in [0.717, 1.165) is 43.9 Å². The van der Waals surface area contributed by atoms with Crippen LogP contribution < -0.4 is 4.74 Å². The summed E-state index contributed by atoms with van der Waals surface area (Å²) in [6.07, 6.45) is 3.27. The van der Waals surface area contributed by atoms with Crippen molar-refractivity contribution in [3.63, 3.8) is 0 Å². The molecule has 0 amide bonds. The lowest BCUT2D eigenvalue weighted by atomic mass is 9.94. The molecule has 0 spiro atoms. The Morgan fingerprint density at radius 2 is 2.00 bits per heavy atom. The van der Waals surface area contributed by atoms with Crippen LogP contribution in [0.4, 0.5) is 10.1 Å². The Morgan fingerprint density at radius 1 is 1.32 bits per heavy atom. The zero-order valence-electron chi connectivity index (χ0n) is 10.7. The largest absolute Gasteiger partial charge is 0.481 e. The van der Waals surface area contributed by atoms with Gasteiger partial charge in [0.05, 0.1) is 11.0 Å². The van der Waals surface area contributed by atoms with Gasteiger partial charge in [-0.25, -0.2) is 4.39 Å². The first-order valence-corrected chi connectivity index (χ1v) is 6.25. The first-order chi connectivity index (χ1) is 9.11. The number of hydrogen-bond acceptors (Lipinski definition) is 4. The molecule has 1 aromatic carbocycles. The minimum absolute atomic E-state index is 0.0287. The topological polar surface area (TPSA) is 61.6 Å². The standard InChI is InChI=1S/C13H16FNO4/c1-18-11-4-2-3-5-12(11)19-13-8-9(14)6-7-10(13)15(16)17/h6-8,11-12H,2-5H2,1H3/t11-,12-/m1/s1. The van der Waals surface area contributed by atoms with Gasteiger partial charge >= 0.3 is 5.69 Å². The van der Waals surface area contributed by atoms with Gasteiger partial charge in [0, 0.05) is 19.2 Å². The molecule has 104 valence electrons. The molecule has 0 saturated heterocycles. The quantitative estimate of drug-likeness (QED) is 0.622. The van der Waals surface area contributed by atoms with Crippen molar-refractivity contribution < 1.29 is 18.8 Å². The third kappa shape index (κ3) is 3.20. The molecular weight excluding hydrogens is 253 g/mol. The van der Waals surface area contributed by atoms with E-state index >= 15 is 0 Å². The molecule has 0 heterocycles. The highest BCUT2D eigenvalue weighted by Crippen LogP contribution is 2.32. The van der Waals surface area contributed by atoms with Crippen molar-refractivity contribution in [2.45, 2.75) is 37.9 Å². The van der Waals surface area contributed by atoms with Crippen LogP contribution in [-0.2, 0) is 4.74 Å². The Labute approximate surface area is 110 Å². The van der Waals surface area contributed by atoms with Crippen LogP contribution in [-0.4, -0.2) is 24.2 Å². The molecule has 0 unspecified atom stereocenters. The number of methoxy groups -OCH3 is 1. The summed E-state index contributed by atoms with van der Waals surface area (Å²) in [7, 11) is 1.59. The van der Waals surface area contributed by atoms with Crippen molar-refractivity contribution in [2.75, 3.05) is 7.11 Å². The Kier molecular flexibility index (Phi) is 4.31. The van der Waals surface area contributed by atoms with E-state index in [1.54, 1.807) is 7.11 Å². The SMILES string of the molecule is CO[C@@H]1CCCC[C@H]1Oc1cc(F)ccc1[N+](=O)[O-]. The summed E-state index contributed by atoms with van der Waals surface area (Å²) in [6, 6.07) is 3.23. The molecule has 1 saturated carbocycles. The van der Waals surface area contributed by atoms with Gasteiger partial charge in [-0.15, -0.1) is 0 Å². The Morgan fingerprint density at radius 3 is 2.63 bits per heavy atom. The summed E-state index contributed by atoms with van der Waals surface area (Å²) in [5.41, 5.74) is -0.221. The molecule has 19 heavy (non-hydrogen) atoms. The van der Waals surface area contributed by atoms with Crippen LogP contribution in [0.1, 0.15) is 25.7 Å². The fourth-order valence-electron chi connectivity index (χ4n) is 2.36. The molecule has 0 aromatic heterocycles. The van der Waals surface area contributed by atoms with Crippen molar-refractivity contribution >= 4 is 5.69 Å². The zero-order valence-corrected chi connectivity index (χ0v) is 10.7. The highest BCUT2D eigenvalue weighted by atomic mass is 19.1. The molecule has 0 aliphatic heterocycles. The number of nitro benzene ring substituents is 1. The van der Waals surface area contributed by atoms with Gasteiger partial charge in [0.15, 0.2) is 5.75 Å². The average molecular weight is 269 g/mol. The van der Waals surface area contributed by atoms with Crippen LogP contribution in [0.25, 0.3) is 0 Å². The summed E-state index contributed by atoms with van der Waals surface area (Å²) in [4.78, 5) is 10.3. The zero-order chi connectivity index (χ0) is 13.8. The van der Waals surface area contributed by atoms with Gasteiger partial charge in [0.25, 0.3) is 0 Å². The van der Waals surface area contributed by atoms with E-state index < -0.39 is 10.7 Å². The second kappa shape index (κ2) is 5.97. The van der Waals surface area contributed by atoms with Crippen molar-refractivity contribution in [2.24, 2.45) is 0 Å². The van der Waals surface area contributed by atoms with E-state index in [-0.39, 0.29) is 23.6 Å². The number of nitro groups is 1. The highest BCUT2D eigenvalue weighted by molar-refractivity contribution is 5.46. The lowest BCUT2D eigenvalue weighted by Gasteiger charge is -2.30. The second-order valence-corrected chi connectivity index (χ2v) is 4.58. The number of benzene rings is 1. The number of nitrogens with zero attached hydrogens (tertiary/aromatic N) is 1. The van der Waals surface area contributed by atoms with E-state index in [1.807, 2.05) is 0 Å². The third-order valence-electron chi connectivity index (χ3n) is 3.34. The molecule has 1 aliphatic rings. The van der Waals surface area contributed by atoms with Gasteiger partial charge in [-0.2, -0.15) is 0 Å². The van der Waals surface area contributed by atoms with E-state index in [4.69, 9.17) is 9.47 Å². The molecular formula is C13H16FNO4. The molecule has 6 heteroatoms. The fourth-order valence-corrected chi connectivity index (χ4v) is 2.36. The molecule has 1 aromatic rings. The molecule has 1 fully saturated rings. The first-order valence-electron chi connectivity index (χ1n) is 6.25. The maximum absolute atomic E-state index is 13.2. The maximum atomic E-state index is 13.2. The Bertz CT molecular complexity index is 466. The summed E-state index contributed by atoms with van der Waals surface area (Å²) in [5, 5.41) is 10.9. The summed E-state index contributed by atoms with van der Waals surface area (Å²) in [6.45, 7) is 0. The number of hydrogen-bond donors (Lipinski definition) is 0. The number of rotatable bonds is 4. The van der Waals surface area contributed by atoms with Crippen molar-refractivity contribution in [1.82, 2.24) is 0 Å². The predicted octanol–water partition coefficient (Wildman–Crippen LogP) is 3.07. The average Bonchev–Trinajstić information content (AvgIpc) is 2.39. The Hall–Kier alpha value is -1.69. The lowest BCUT2D eigenvalue weighted by Crippen LogP contribution is -2.36. The van der Waals surface area contributed by atoms with Crippen LogP contribution in [0, 0.1) is 15.9 Å². The van der Waals surface area contributed by atoms with Crippen LogP contribution in [0.2, 0.25) is 0 Å². The van der Waals surface area contributed by atoms with Crippen molar-refractivity contribution in [1.29, 1.82) is 0 Å². The normalized spacial score (nSPS) is 23.1. The van der Waals surface area contributed by atoms with Gasteiger partial charge in [-0.1, -0.05) is 6.42 Å². The molecule has 5 nitrogen and oxygen atoms in total. The molecule has 2 rings (SSSR count). The number of ether oxygens (including phenoxy) is 2. The molecule has 0 N–H and O–H groups in total. The van der Waals surface area contributed by atoms with Gasteiger partial charge in [-0.3, -0.25) is 10.1 Å². The first kappa shape index (κ1) is 13.7. The van der Waals surface area contributed by atoms with Gasteiger partial charge in [-0.05, 0) is 25.3 Å². The van der Waals surface area contributed by atoms with Crippen LogP contribution in [0.5, 0.6) is 5.75 Å². The van der Waals surface area contributed by atoms with Crippen LogP contribution in [0.3, 0.4) is 0 Å². The minimum atomic E-state index is -0.570. The summed E-state index contributed by atoms with van der Waals surface area (Å²) in [5.74, 6) is -0.579. The van der Waals surface area contributed by atoms with Gasteiger partial charge in [0.1, 0.15) is 11.9 Å². The molecule has 0 radical (unpaired) electrons. The molecule has 0 bridgehead atoms. The number of halogens is 1. The van der Waals surface area contributed by atoms with E-state index in [1.165, 1.54) is 0 Å². The lowest BCUT2D eigenvalue weighted by molar-refractivity contribution is -0.386. The summed E-state index contributed by atoms with van der Waals surface area (Å²) < 4.78 is 24.2. The Balaban J connectivity index is 2.21. The maximum Gasteiger partial charge on any atom is 0.311 e. The molecule has 2 atom stereocenters. The van der Waals surface area contributed by atoms with E-state index in [2.05, 4.69) is 0 Å². The summed E-state index contributed by atoms with van der Waals surface area (Å²) >= 11 is 0. The van der Waals surface area contributed by atoms with Gasteiger partial charge < -0.3 is 9.47 Å². The van der Waals surface area contributed by atoms with Crippen molar-refractivity contribution in [3.8, 4) is 5.75 Å². The molecule has 1 aliphatic carbocycles. The minimum Gasteiger partial charge on any atom is -0.481 e. The van der Waals surface area contributed by atoms with Gasteiger partial charge in [0.2, 0.25) is 0 Å². The van der Waals surface area contributed by atoms with Crippen molar-refractivity contribution in [3.05, 3.63) is 34.1 Å². The van der Waals surface area contributed by atoms with Crippen LogP contribution in [0.15, 0.2) is 18.2 Å². The third-order valence-corrected chi connectivity index (χ3v) is 3.34. The monoisotopic (exact) mass is 269 g/mol. The van der Waals surface area contributed by atoms with Crippen LogP contribution >= 0.6 is 0 Å². The predicted molar refractivity (Wildman–Crippen MR) is 66.7 cm³/mol. The van der Waals surface area contributed by atoms with E-state index in [0.29, 0.717) is 0 Å². The second-order valence-electron chi connectivity index (χ2n) is 4.58. The highest BCUT2D eigenvalue weighted by Gasteiger charge is 2.29. The smallest absolute Gasteiger partial charge is 0.311 e. The fraction of sp³-hybridized carbons (Fsp3) is 0.538.